The van der Waals surface area contributed by atoms with E-state index in [1.165, 1.54) is 18.2 Å². The number of nitrogens with one attached hydrogen (secondary N) is 2. The van der Waals surface area contributed by atoms with Gasteiger partial charge in [-0.05, 0) is 29.8 Å². The molecule has 0 heterocycles. The summed E-state index contributed by atoms with van der Waals surface area (Å²) in [5.74, 6) is -0.481. The molecule has 5 nitrogen and oxygen atoms in total. The minimum atomic E-state index is -4.46. The van der Waals surface area contributed by atoms with Crippen molar-refractivity contribution < 1.29 is 22.8 Å². The first-order valence-electron chi connectivity index (χ1n) is 6.86. The largest absolute Gasteiger partial charge is 0.416 e. The Labute approximate surface area is 135 Å². The summed E-state index contributed by atoms with van der Waals surface area (Å²) in [6, 6.07) is 10.1. The van der Waals surface area contributed by atoms with Gasteiger partial charge in [0, 0.05) is 11.4 Å². The number of primary amides is 1. The Balaban J connectivity index is 2.05. The minimum Gasteiger partial charge on any atom is -0.351 e. The highest BCUT2D eigenvalue weighted by atomic mass is 19.4. The number of amides is 3. The summed E-state index contributed by atoms with van der Waals surface area (Å²) in [6.07, 6.45) is -4.67. The number of carbonyl (C=O) groups is 2. The van der Waals surface area contributed by atoms with Gasteiger partial charge >= 0.3 is 12.2 Å². The van der Waals surface area contributed by atoms with Crippen LogP contribution in [0.3, 0.4) is 0 Å². The second kappa shape index (κ2) is 7.03. The lowest BCUT2D eigenvalue weighted by molar-refractivity contribution is -0.137. The molecular weight excluding hydrogens is 323 g/mol. The summed E-state index contributed by atoms with van der Waals surface area (Å²) in [6.45, 7) is 0. The van der Waals surface area contributed by atoms with Gasteiger partial charge in [-0.15, -0.1) is 0 Å². The fourth-order valence-corrected chi connectivity index (χ4v) is 2.07. The predicted molar refractivity (Wildman–Crippen MR) is 83.4 cm³/mol. The van der Waals surface area contributed by atoms with Crippen LogP contribution in [0, 0.1) is 0 Å². The fraction of sp³-hybridized carbons (Fsp3) is 0.125. The van der Waals surface area contributed by atoms with Gasteiger partial charge in [-0.2, -0.15) is 13.2 Å². The lowest BCUT2D eigenvalue weighted by Gasteiger charge is -2.10. The standard InChI is InChI=1S/C16H14F3N3O2/c17-16(18,19)11-4-1-3-10(7-11)8-14(23)21-12-5-2-6-13(9-12)22-15(20)24/h1-7,9H,8H2,(H,21,23)(H3,20,22,24). The zero-order valence-electron chi connectivity index (χ0n) is 12.4. The number of alkyl halides is 3. The summed E-state index contributed by atoms with van der Waals surface area (Å²) in [4.78, 5) is 22.8. The third-order valence-electron chi connectivity index (χ3n) is 3.03. The molecule has 0 fully saturated rings. The van der Waals surface area contributed by atoms with Gasteiger partial charge < -0.3 is 16.4 Å². The van der Waals surface area contributed by atoms with E-state index in [2.05, 4.69) is 10.6 Å². The number of halogens is 3. The summed E-state index contributed by atoms with van der Waals surface area (Å²) in [5.41, 5.74) is 5.21. The van der Waals surface area contributed by atoms with Crippen LogP contribution in [0.5, 0.6) is 0 Å². The van der Waals surface area contributed by atoms with Crippen LogP contribution in [0.2, 0.25) is 0 Å². The van der Waals surface area contributed by atoms with Crippen molar-refractivity contribution in [1.29, 1.82) is 0 Å². The van der Waals surface area contributed by atoms with E-state index in [1.807, 2.05) is 0 Å². The maximum atomic E-state index is 12.7. The number of hydrogen-bond acceptors (Lipinski definition) is 2. The molecule has 126 valence electrons. The Hall–Kier alpha value is -3.03. The lowest BCUT2D eigenvalue weighted by atomic mass is 10.1. The number of hydrogen-bond donors (Lipinski definition) is 3. The molecule has 24 heavy (non-hydrogen) atoms. The van der Waals surface area contributed by atoms with Crippen molar-refractivity contribution in [1.82, 2.24) is 0 Å². The van der Waals surface area contributed by atoms with Crippen LogP contribution in [0.4, 0.5) is 29.3 Å². The van der Waals surface area contributed by atoms with Gasteiger partial charge in [0.05, 0.1) is 12.0 Å². The van der Waals surface area contributed by atoms with Crippen molar-refractivity contribution in [3.63, 3.8) is 0 Å². The molecule has 4 N–H and O–H groups in total. The smallest absolute Gasteiger partial charge is 0.351 e. The number of carbonyl (C=O) groups excluding carboxylic acids is 2. The molecule has 0 aliphatic carbocycles. The molecule has 8 heteroatoms. The SMILES string of the molecule is NC(=O)Nc1cccc(NC(=O)Cc2cccc(C(F)(F)F)c2)c1. The first kappa shape index (κ1) is 17.3. The van der Waals surface area contributed by atoms with E-state index in [-0.39, 0.29) is 12.0 Å². The normalized spacial score (nSPS) is 11.0. The average Bonchev–Trinajstić information content (AvgIpc) is 2.46. The zero-order chi connectivity index (χ0) is 17.7. The topological polar surface area (TPSA) is 84.2 Å². The van der Waals surface area contributed by atoms with Gasteiger partial charge in [-0.3, -0.25) is 4.79 Å². The molecular formula is C16H14F3N3O2. The second-order valence-electron chi connectivity index (χ2n) is 4.99. The van der Waals surface area contributed by atoms with Crippen LogP contribution in [-0.4, -0.2) is 11.9 Å². The first-order valence-corrected chi connectivity index (χ1v) is 6.86. The zero-order valence-corrected chi connectivity index (χ0v) is 12.4. The number of benzene rings is 2. The third kappa shape index (κ3) is 5.01. The van der Waals surface area contributed by atoms with Gasteiger partial charge in [-0.25, -0.2) is 4.79 Å². The van der Waals surface area contributed by atoms with E-state index in [0.717, 1.165) is 12.1 Å². The molecule has 3 amide bonds. The highest BCUT2D eigenvalue weighted by molar-refractivity contribution is 5.94. The monoisotopic (exact) mass is 337 g/mol. The van der Waals surface area contributed by atoms with E-state index < -0.39 is 23.7 Å². The summed E-state index contributed by atoms with van der Waals surface area (Å²) in [5, 5.41) is 4.90. The van der Waals surface area contributed by atoms with Crippen molar-refractivity contribution >= 4 is 23.3 Å². The van der Waals surface area contributed by atoms with E-state index in [4.69, 9.17) is 5.73 Å². The summed E-state index contributed by atoms with van der Waals surface area (Å²) >= 11 is 0. The molecule has 0 unspecified atom stereocenters. The van der Waals surface area contributed by atoms with Crippen molar-refractivity contribution in [3.05, 3.63) is 59.7 Å². The van der Waals surface area contributed by atoms with Crippen LogP contribution in [0.15, 0.2) is 48.5 Å². The number of rotatable bonds is 4. The predicted octanol–water partition coefficient (Wildman–Crippen LogP) is 3.38. The number of anilines is 2. The second-order valence-corrected chi connectivity index (χ2v) is 4.99. The van der Waals surface area contributed by atoms with Crippen molar-refractivity contribution in [3.8, 4) is 0 Å². The number of nitrogens with two attached hydrogens (primary N) is 1. The quantitative estimate of drug-likeness (QED) is 0.799. The Kier molecular flexibility index (Phi) is 5.08. The van der Waals surface area contributed by atoms with Crippen LogP contribution in [0.25, 0.3) is 0 Å². The van der Waals surface area contributed by atoms with E-state index >= 15 is 0 Å². The van der Waals surface area contributed by atoms with Crippen molar-refractivity contribution in [2.24, 2.45) is 5.73 Å². The van der Waals surface area contributed by atoms with Crippen LogP contribution in [0.1, 0.15) is 11.1 Å². The Morgan fingerprint density at radius 1 is 0.958 bits per heavy atom. The Morgan fingerprint density at radius 3 is 2.21 bits per heavy atom. The van der Waals surface area contributed by atoms with E-state index in [9.17, 15) is 22.8 Å². The minimum absolute atomic E-state index is 0.211. The molecule has 0 radical (unpaired) electrons. The highest BCUT2D eigenvalue weighted by Crippen LogP contribution is 2.29. The molecule has 0 aliphatic heterocycles. The van der Waals surface area contributed by atoms with Crippen molar-refractivity contribution in [2.75, 3.05) is 10.6 Å². The third-order valence-corrected chi connectivity index (χ3v) is 3.03. The van der Waals surface area contributed by atoms with Gasteiger partial charge in [-0.1, -0.05) is 24.3 Å². The molecule has 0 atom stereocenters. The summed E-state index contributed by atoms with van der Waals surface area (Å²) < 4.78 is 38.0. The molecule has 0 saturated heterocycles. The fourth-order valence-electron chi connectivity index (χ4n) is 2.07. The van der Waals surface area contributed by atoms with Gasteiger partial charge in [0.25, 0.3) is 0 Å². The molecule has 0 bridgehead atoms. The van der Waals surface area contributed by atoms with Crippen LogP contribution < -0.4 is 16.4 Å². The average molecular weight is 337 g/mol. The van der Waals surface area contributed by atoms with Crippen molar-refractivity contribution in [2.45, 2.75) is 12.6 Å². The van der Waals surface area contributed by atoms with E-state index in [1.54, 1.807) is 18.2 Å². The van der Waals surface area contributed by atoms with Crippen LogP contribution >= 0.6 is 0 Å². The van der Waals surface area contributed by atoms with Gasteiger partial charge in [0.2, 0.25) is 5.91 Å². The number of urea groups is 1. The molecule has 0 saturated carbocycles. The van der Waals surface area contributed by atoms with Gasteiger partial charge in [0.1, 0.15) is 0 Å². The molecule has 2 rings (SSSR count). The Bertz CT molecular complexity index is 760. The maximum absolute atomic E-state index is 12.7. The molecule has 0 aliphatic rings. The lowest BCUT2D eigenvalue weighted by Crippen LogP contribution is -2.19. The molecule has 2 aromatic carbocycles. The first-order chi connectivity index (χ1) is 11.2. The maximum Gasteiger partial charge on any atom is 0.416 e. The van der Waals surface area contributed by atoms with E-state index in [0.29, 0.717) is 11.4 Å². The molecule has 0 spiro atoms. The Morgan fingerprint density at radius 2 is 1.58 bits per heavy atom. The van der Waals surface area contributed by atoms with Crippen LogP contribution in [-0.2, 0) is 17.4 Å². The highest BCUT2D eigenvalue weighted by Gasteiger charge is 2.30. The molecule has 2 aromatic rings. The van der Waals surface area contributed by atoms with Gasteiger partial charge in [0.15, 0.2) is 0 Å². The molecule has 0 aromatic heterocycles. The summed E-state index contributed by atoms with van der Waals surface area (Å²) in [7, 11) is 0.